The van der Waals surface area contributed by atoms with Crippen molar-refractivity contribution in [2.45, 2.75) is 77.2 Å². The van der Waals surface area contributed by atoms with Gasteiger partial charge in [0.2, 0.25) is 0 Å². The molecule has 1 aliphatic heterocycles. The highest BCUT2D eigenvalue weighted by Crippen LogP contribution is 2.44. The van der Waals surface area contributed by atoms with Crippen molar-refractivity contribution in [2.24, 2.45) is 29.6 Å². The Morgan fingerprint density at radius 3 is 1.76 bits per heavy atom. The van der Waals surface area contributed by atoms with Crippen LogP contribution >= 0.6 is 0 Å². The minimum atomic E-state index is -1.60. The lowest BCUT2D eigenvalue weighted by Gasteiger charge is -2.41. The van der Waals surface area contributed by atoms with Crippen LogP contribution in [0.1, 0.15) is 71.1 Å². The molecule has 1 heterocycles. The zero-order valence-corrected chi connectivity index (χ0v) is 15.6. The average molecular weight is 353 g/mol. The van der Waals surface area contributed by atoms with Crippen molar-refractivity contribution >= 4 is 0 Å². The Bertz CT molecular complexity index is 445. The fourth-order valence-corrected chi connectivity index (χ4v) is 5.60. The normalized spacial score (nSPS) is 40.1. The standard InChI is InChI=1S/C22H34F2O/c1-2-3-16-4-6-17(7-5-16)18-8-10-19(11-9-18)20-12-13-21(25-15-20)14-22(23)24/h2-3,14,16-21H,4-13,15H2,1H3/b3-2+. The van der Waals surface area contributed by atoms with E-state index in [0.717, 1.165) is 42.6 Å². The van der Waals surface area contributed by atoms with Crippen molar-refractivity contribution in [2.75, 3.05) is 6.61 Å². The van der Waals surface area contributed by atoms with Gasteiger partial charge in [0.15, 0.2) is 0 Å². The smallest absolute Gasteiger partial charge is 0.268 e. The monoisotopic (exact) mass is 352 g/mol. The summed E-state index contributed by atoms with van der Waals surface area (Å²) >= 11 is 0. The molecule has 0 bridgehead atoms. The number of halogens is 2. The zero-order valence-electron chi connectivity index (χ0n) is 15.6. The Labute approximate surface area is 151 Å². The lowest BCUT2D eigenvalue weighted by atomic mass is 9.67. The first-order valence-corrected chi connectivity index (χ1v) is 10.4. The molecule has 0 amide bonds. The highest BCUT2D eigenvalue weighted by atomic mass is 19.3. The predicted octanol–water partition coefficient (Wildman–Crippen LogP) is 6.75. The van der Waals surface area contributed by atoms with Crippen molar-refractivity contribution in [1.29, 1.82) is 0 Å². The second-order valence-corrected chi connectivity index (χ2v) is 8.54. The van der Waals surface area contributed by atoms with Crippen LogP contribution in [0, 0.1) is 29.6 Å². The van der Waals surface area contributed by atoms with Crippen molar-refractivity contribution in [3.05, 3.63) is 24.3 Å². The maximum atomic E-state index is 12.3. The molecular weight excluding hydrogens is 318 g/mol. The molecule has 1 saturated heterocycles. The van der Waals surface area contributed by atoms with Gasteiger partial charge in [-0.3, -0.25) is 0 Å². The van der Waals surface area contributed by atoms with E-state index in [1.165, 1.54) is 51.4 Å². The Kier molecular flexibility index (Phi) is 7.09. The predicted molar refractivity (Wildman–Crippen MR) is 98.5 cm³/mol. The SMILES string of the molecule is C/C=C/C1CCC(C2CCC(C3CCC(C=C(F)F)OC3)CC2)CC1. The second kappa shape index (κ2) is 9.30. The van der Waals surface area contributed by atoms with E-state index in [-0.39, 0.29) is 6.10 Å². The lowest BCUT2D eigenvalue weighted by Crippen LogP contribution is -2.33. The third kappa shape index (κ3) is 5.39. The summed E-state index contributed by atoms with van der Waals surface area (Å²) in [4.78, 5) is 0. The minimum absolute atomic E-state index is 0.357. The molecule has 0 spiro atoms. The van der Waals surface area contributed by atoms with E-state index in [2.05, 4.69) is 19.1 Å². The summed E-state index contributed by atoms with van der Waals surface area (Å²) in [7, 11) is 0. The number of hydrogen-bond acceptors (Lipinski definition) is 1. The van der Waals surface area contributed by atoms with Crippen LogP contribution in [0.2, 0.25) is 0 Å². The summed E-state index contributed by atoms with van der Waals surface area (Å²) < 4.78 is 30.3. The van der Waals surface area contributed by atoms with E-state index in [4.69, 9.17) is 4.74 Å². The van der Waals surface area contributed by atoms with E-state index in [0.29, 0.717) is 12.5 Å². The summed E-state index contributed by atoms with van der Waals surface area (Å²) in [6, 6.07) is 0. The van der Waals surface area contributed by atoms with Crippen LogP contribution in [-0.2, 0) is 4.74 Å². The van der Waals surface area contributed by atoms with Gasteiger partial charge in [0.1, 0.15) is 0 Å². The quantitative estimate of drug-likeness (QED) is 0.508. The Morgan fingerprint density at radius 1 is 0.760 bits per heavy atom. The molecule has 2 unspecified atom stereocenters. The molecule has 0 radical (unpaired) electrons. The molecule has 0 aromatic carbocycles. The number of allylic oxidation sites excluding steroid dienone is 2. The molecule has 3 aliphatic rings. The minimum Gasteiger partial charge on any atom is -0.374 e. The number of ether oxygens (including phenoxy) is 1. The van der Waals surface area contributed by atoms with Gasteiger partial charge in [-0.1, -0.05) is 12.2 Å². The van der Waals surface area contributed by atoms with Gasteiger partial charge < -0.3 is 4.74 Å². The first-order chi connectivity index (χ1) is 12.2. The van der Waals surface area contributed by atoms with Gasteiger partial charge in [0, 0.05) is 6.08 Å². The van der Waals surface area contributed by atoms with E-state index in [1.807, 2.05) is 0 Å². The molecule has 3 heteroatoms. The molecule has 142 valence electrons. The largest absolute Gasteiger partial charge is 0.374 e. The molecular formula is C22H34F2O. The van der Waals surface area contributed by atoms with Crippen molar-refractivity contribution in [3.8, 4) is 0 Å². The van der Waals surface area contributed by atoms with E-state index >= 15 is 0 Å². The van der Waals surface area contributed by atoms with Gasteiger partial charge in [0.25, 0.3) is 6.08 Å². The molecule has 2 saturated carbocycles. The Balaban J connectivity index is 1.39. The summed E-state index contributed by atoms with van der Waals surface area (Å²) in [6.07, 6.45) is 16.4. The van der Waals surface area contributed by atoms with E-state index in [1.54, 1.807) is 0 Å². The topological polar surface area (TPSA) is 9.23 Å². The van der Waals surface area contributed by atoms with Crippen molar-refractivity contribution in [1.82, 2.24) is 0 Å². The molecule has 0 aromatic heterocycles. The first-order valence-electron chi connectivity index (χ1n) is 10.4. The maximum Gasteiger partial charge on any atom is 0.268 e. The average Bonchev–Trinajstić information content (AvgIpc) is 2.63. The van der Waals surface area contributed by atoms with Gasteiger partial charge in [-0.05, 0) is 101 Å². The maximum absolute atomic E-state index is 12.3. The van der Waals surface area contributed by atoms with E-state index in [9.17, 15) is 8.78 Å². The van der Waals surface area contributed by atoms with Crippen LogP contribution in [0.15, 0.2) is 24.3 Å². The van der Waals surface area contributed by atoms with Gasteiger partial charge in [-0.15, -0.1) is 0 Å². The van der Waals surface area contributed by atoms with Crippen molar-refractivity contribution < 1.29 is 13.5 Å². The molecule has 0 N–H and O–H groups in total. The molecule has 1 nitrogen and oxygen atoms in total. The summed E-state index contributed by atoms with van der Waals surface area (Å²) in [5.41, 5.74) is 0. The first kappa shape index (κ1) is 19.1. The highest BCUT2D eigenvalue weighted by molar-refractivity contribution is 4.94. The molecule has 0 aromatic rings. The summed E-state index contributed by atoms with van der Waals surface area (Å²) in [6.45, 7) is 2.81. The number of rotatable bonds is 4. The van der Waals surface area contributed by atoms with Crippen molar-refractivity contribution in [3.63, 3.8) is 0 Å². The highest BCUT2D eigenvalue weighted by Gasteiger charge is 2.34. The fraction of sp³-hybridized carbons (Fsp3) is 0.818. The van der Waals surface area contributed by atoms with E-state index < -0.39 is 6.08 Å². The van der Waals surface area contributed by atoms with Crippen LogP contribution in [0.4, 0.5) is 8.78 Å². The molecule has 2 aliphatic carbocycles. The summed E-state index contributed by atoms with van der Waals surface area (Å²) in [5.74, 6) is 4.07. The lowest BCUT2D eigenvalue weighted by molar-refractivity contribution is -0.0204. The third-order valence-corrected chi connectivity index (χ3v) is 7.09. The van der Waals surface area contributed by atoms with Crippen LogP contribution < -0.4 is 0 Å². The third-order valence-electron chi connectivity index (χ3n) is 7.09. The summed E-state index contributed by atoms with van der Waals surface area (Å²) in [5, 5.41) is 0. The molecule has 3 rings (SSSR count). The zero-order chi connectivity index (χ0) is 17.6. The van der Waals surface area contributed by atoms with Crippen LogP contribution in [-0.4, -0.2) is 12.7 Å². The Hall–Kier alpha value is -0.700. The fourth-order valence-electron chi connectivity index (χ4n) is 5.60. The van der Waals surface area contributed by atoms with Gasteiger partial charge in [-0.25, -0.2) is 0 Å². The van der Waals surface area contributed by atoms with Crippen LogP contribution in [0.3, 0.4) is 0 Å². The van der Waals surface area contributed by atoms with Crippen LogP contribution in [0.5, 0.6) is 0 Å². The van der Waals surface area contributed by atoms with Gasteiger partial charge in [-0.2, -0.15) is 8.78 Å². The van der Waals surface area contributed by atoms with Gasteiger partial charge in [0.05, 0.1) is 12.7 Å². The van der Waals surface area contributed by atoms with Crippen LogP contribution in [0.25, 0.3) is 0 Å². The molecule has 3 fully saturated rings. The molecule has 25 heavy (non-hydrogen) atoms. The number of hydrogen-bond donors (Lipinski definition) is 0. The second-order valence-electron chi connectivity index (χ2n) is 8.54. The van der Waals surface area contributed by atoms with Gasteiger partial charge >= 0.3 is 0 Å². The Morgan fingerprint density at radius 2 is 1.28 bits per heavy atom. The molecule has 2 atom stereocenters.